The van der Waals surface area contributed by atoms with Gasteiger partial charge in [0, 0.05) is 17.0 Å². The van der Waals surface area contributed by atoms with Gasteiger partial charge in [-0.1, -0.05) is 74.9 Å². The third-order valence-electron chi connectivity index (χ3n) is 6.02. The van der Waals surface area contributed by atoms with Crippen LogP contribution in [0.5, 0.6) is 0 Å². The Morgan fingerprint density at radius 3 is 2.53 bits per heavy atom. The van der Waals surface area contributed by atoms with E-state index in [-0.39, 0.29) is 11.7 Å². The molecular formula is C27H27NOS. The quantitative estimate of drug-likeness (QED) is 0.296. The molecule has 0 saturated carbocycles. The molecule has 2 unspecified atom stereocenters. The van der Waals surface area contributed by atoms with Crippen molar-refractivity contribution in [1.29, 1.82) is 0 Å². The van der Waals surface area contributed by atoms with Crippen LogP contribution in [0.25, 0.3) is 20.8 Å². The van der Waals surface area contributed by atoms with E-state index >= 15 is 0 Å². The van der Waals surface area contributed by atoms with Crippen LogP contribution in [-0.4, -0.2) is 10.8 Å². The van der Waals surface area contributed by atoms with E-state index in [1.165, 1.54) is 10.3 Å². The predicted octanol–water partition coefficient (Wildman–Crippen LogP) is 7.36. The Hall–Kier alpha value is -2.78. The zero-order valence-corrected chi connectivity index (χ0v) is 18.6. The smallest absolute Gasteiger partial charge is 0.166 e. The summed E-state index contributed by atoms with van der Waals surface area (Å²) in [7, 11) is 0. The van der Waals surface area contributed by atoms with E-state index in [2.05, 4.69) is 56.3 Å². The number of hydrogen-bond donors (Lipinski definition) is 0. The number of hydrogen-bond acceptors (Lipinski definition) is 3. The fourth-order valence-electron chi connectivity index (χ4n) is 4.11. The number of aryl methyl sites for hydroxylation is 1. The van der Waals surface area contributed by atoms with Crippen molar-refractivity contribution in [3.05, 3.63) is 89.5 Å². The molecule has 0 spiro atoms. The van der Waals surface area contributed by atoms with Crippen LogP contribution >= 0.6 is 11.3 Å². The molecule has 1 aromatic heterocycles. The lowest BCUT2D eigenvalue weighted by Crippen LogP contribution is -2.23. The number of rotatable bonds is 7. The minimum atomic E-state index is -0.0118. The van der Waals surface area contributed by atoms with E-state index in [1.807, 2.05) is 37.3 Å². The van der Waals surface area contributed by atoms with Crippen LogP contribution in [0, 0.1) is 18.8 Å². The summed E-state index contributed by atoms with van der Waals surface area (Å²) in [5, 5.41) is 1.05. The van der Waals surface area contributed by atoms with Crippen molar-refractivity contribution in [2.24, 2.45) is 11.8 Å². The highest BCUT2D eigenvalue weighted by Crippen LogP contribution is 2.32. The van der Waals surface area contributed by atoms with Crippen molar-refractivity contribution < 1.29 is 4.79 Å². The van der Waals surface area contributed by atoms with E-state index in [0.717, 1.165) is 40.1 Å². The molecule has 0 aliphatic carbocycles. The average Bonchev–Trinajstić information content (AvgIpc) is 3.21. The van der Waals surface area contributed by atoms with Crippen molar-refractivity contribution in [2.45, 2.75) is 33.6 Å². The van der Waals surface area contributed by atoms with E-state index in [0.29, 0.717) is 5.92 Å². The van der Waals surface area contributed by atoms with E-state index in [4.69, 9.17) is 4.98 Å². The largest absolute Gasteiger partial charge is 0.294 e. The second-order valence-electron chi connectivity index (χ2n) is 8.03. The van der Waals surface area contributed by atoms with Crippen molar-refractivity contribution in [3.63, 3.8) is 0 Å². The number of aromatic nitrogens is 1. The molecule has 4 aromatic rings. The van der Waals surface area contributed by atoms with Crippen LogP contribution in [0.4, 0.5) is 0 Å². The van der Waals surface area contributed by atoms with Crippen molar-refractivity contribution in [2.75, 3.05) is 0 Å². The summed E-state index contributed by atoms with van der Waals surface area (Å²) in [5.74, 6) is 0.548. The number of carbonyl (C=O) groups is 1. The van der Waals surface area contributed by atoms with E-state index in [1.54, 1.807) is 11.3 Å². The summed E-state index contributed by atoms with van der Waals surface area (Å²) in [6, 6.07) is 24.8. The van der Waals surface area contributed by atoms with Crippen LogP contribution in [0.3, 0.4) is 0 Å². The van der Waals surface area contributed by atoms with Crippen molar-refractivity contribution in [1.82, 2.24) is 4.98 Å². The van der Waals surface area contributed by atoms with Gasteiger partial charge in [0.15, 0.2) is 5.78 Å². The van der Waals surface area contributed by atoms with Gasteiger partial charge in [-0.25, -0.2) is 4.98 Å². The third-order valence-corrected chi connectivity index (χ3v) is 7.11. The molecular weight excluding hydrogens is 386 g/mol. The molecule has 3 heteroatoms. The maximum atomic E-state index is 13.1. The summed E-state index contributed by atoms with van der Waals surface area (Å²) < 4.78 is 1.21. The first-order valence-corrected chi connectivity index (χ1v) is 11.4. The lowest BCUT2D eigenvalue weighted by atomic mass is 9.81. The van der Waals surface area contributed by atoms with Gasteiger partial charge >= 0.3 is 0 Å². The Kier molecular flexibility index (Phi) is 6.10. The topological polar surface area (TPSA) is 30.0 Å². The first-order valence-electron chi connectivity index (χ1n) is 10.6. The zero-order chi connectivity index (χ0) is 21.1. The zero-order valence-electron chi connectivity index (χ0n) is 17.8. The highest BCUT2D eigenvalue weighted by molar-refractivity contribution is 7.21. The second kappa shape index (κ2) is 8.93. The van der Waals surface area contributed by atoms with Gasteiger partial charge in [0.25, 0.3) is 0 Å². The number of Topliss-reactive ketones (excluding diaryl/α,β-unsaturated/α-hetero) is 1. The monoisotopic (exact) mass is 413 g/mol. The number of carbonyl (C=O) groups excluding carboxylic acids is 1. The van der Waals surface area contributed by atoms with Crippen LogP contribution in [0.15, 0.2) is 72.8 Å². The number of nitrogens with zero attached hydrogens (tertiary/aromatic N) is 1. The molecule has 3 aromatic carbocycles. The average molecular weight is 414 g/mol. The molecule has 0 amide bonds. The number of benzene rings is 3. The van der Waals surface area contributed by atoms with Crippen LogP contribution in [-0.2, 0) is 6.42 Å². The molecule has 2 atom stereocenters. The molecule has 0 N–H and O–H groups in total. The minimum Gasteiger partial charge on any atom is -0.294 e. The molecule has 0 fully saturated rings. The molecule has 0 saturated heterocycles. The van der Waals surface area contributed by atoms with Gasteiger partial charge < -0.3 is 0 Å². The fraction of sp³-hybridized carbons (Fsp3) is 0.259. The molecule has 30 heavy (non-hydrogen) atoms. The molecule has 0 aliphatic rings. The van der Waals surface area contributed by atoms with Crippen LogP contribution < -0.4 is 0 Å². The van der Waals surface area contributed by atoms with Crippen LogP contribution in [0.1, 0.15) is 41.8 Å². The van der Waals surface area contributed by atoms with Gasteiger partial charge in [0.1, 0.15) is 5.01 Å². The second-order valence-corrected chi connectivity index (χ2v) is 9.06. The summed E-state index contributed by atoms with van der Waals surface area (Å²) in [4.78, 5) is 17.9. The molecule has 0 radical (unpaired) electrons. The minimum absolute atomic E-state index is 0.0118. The van der Waals surface area contributed by atoms with Gasteiger partial charge in [0.05, 0.1) is 10.2 Å². The molecule has 2 nitrogen and oxygen atoms in total. The first kappa shape index (κ1) is 20.5. The van der Waals surface area contributed by atoms with Gasteiger partial charge in [-0.15, -0.1) is 11.3 Å². The third kappa shape index (κ3) is 4.22. The maximum absolute atomic E-state index is 13.1. The Morgan fingerprint density at radius 1 is 1.00 bits per heavy atom. The molecule has 152 valence electrons. The molecule has 0 bridgehead atoms. The predicted molar refractivity (Wildman–Crippen MR) is 127 cm³/mol. The lowest BCUT2D eigenvalue weighted by molar-refractivity contribution is 0.0883. The highest BCUT2D eigenvalue weighted by Gasteiger charge is 2.25. The standard InChI is InChI=1S/C27H27NOS/c1-4-21(19(3)26(29)23-13-6-5-10-18(23)2)16-20-11-9-12-22(17-20)27-28-24-14-7-8-15-25(24)30-27/h5-15,17,19,21H,4,16H2,1-3H3. The lowest BCUT2D eigenvalue weighted by Gasteiger charge is -2.23. The Bertz CT molecular complexity index is 1140. The van der Waals surface area contributed by atoms with Gasteiger partial charge in [-0.3, -0.25) is 4.79 Å². The summed E-state index contributed by atoms with van der Waals surface area (Å²) in [5.41, 5.74) is 5.38. The number of ketones is 1. The van der Waals surface area contributed by atoms with E-state index in [9.17, 15) is 4.79 Å². The molecule has 0 aliphatic heterocycles. The fourth-order valence-corrected chi connectivity index (χ4v) is 5.08. The normalized spacial score (nSPS) is 13.3. The van der Waals surface area contributed by atoms with Crippen molar-refractivity contribution >= 4 is 27.3 Å². The first-order chi connectivity index (χ1) is 14.6. The number of para-hydroxylation sites is 1. The van der Waals surface area contributed by atoms with Gasteiger partial charge in [-0.05, 0) is 48.6 Å². The maximum Gasteiger partial charge on any atom is 0.166 e. The number of thiazole rings is 1. The van der Waals surface area contributed by atoms with Crippen LogP contribution in [0.2, 0.25) is 0 Å². The summed E-state index contributed by atoms with van der Waals surface area (Å²) >= 11 is 1.73. The Balaban J connectivity index is 1.56. The van der Waals surface area contributed by atoms with Gasteiger partial charge in [-0.2, -0.15) is 0 Å². The SMILES string of the molecule is CCC(Cc1cccc(-c2nc3ccccc3s2)c1)C(C)C(=O)c1ccccc1C. The molecule has 4 rings (SSSR count). The summed E-state index contributed by atoms with van der Waals surface area (Å²) in [6.45, 7) is 6.28. The molecule has 1 heterocycles. The summed E-state index contributed by atoms with van der Waals surface area (Å²) in [6.07, 6.45) is 1.87. The highest BCUT2D eigenvalue weighted by atomic mass is 32.1. The van der Waals surface area contributed by atoms with Crippen molar-refractivity contribution in [3.8, 4) is 10.6 Å². The number of fused-ring (bicyclic) bond motifs is 1. The Labute approximate surface area is 182 Å². The van der Waals surface area contributed by atoms with E-state index < -0.39 is 0 Å². The van der Waals surface area contributed by atoms with Gasteiger partial charge in [0.2, 0.25) is 0 Å². The Morgan fingerprint density at radius 2 is 1.77 bits per heavy atom.